The molecule has 2 heterocycles. The molecule has 19 heavy (non-hydrogen) atoms. The number of methoxy groups -OCH3 is 1. The summed E-state index contributed by atoms with van der Waals surface area (Å²) >= 11 is 0. The zero-order valence-corrected chi connectivity index (χ0v) is 10.2. The molecule has 0 saturated heterocycles. The fraction of sp³-hybridized carbons (Fsp3) is 0.273. The van der Waals surface area contributed by atoms with Crippen LogP contribution < -0.4 is 10.1 Å². The lowest BCUT2D eigenvalue weighted by molar-refractivity contribution is -0.116. The third-order valence-corrected chi connectivity index (χ3v) is 2.31. The predicted molar refractivity (Wildman–Crippen MR) is 64.1 cm³/mol. The first-order valence-corrected chi connectivity index (χ1v) is 5.53. The van der Waals surface area contributed by atoms with Gasteiger partial charge in [-0.2, -0.15) is 4.98 Å². The van der Waals surface area contributed by atoms with Crippen LogP contribution in [-0.2, 0) is 11.2 Å². The van der Waals surface area contributed by atoms with Crippen molar-refractivity contribution in [3.63, 3.8) is 0 Å². The Morgan fingerprint density at radius 2 is 2.37 bits per heavy atom. The maximum Gasteiger partial charge on any atom is 0.336 e. The van der Waals surface area contributed by atoms with E-state index in [4.69, 9.17) is 4.74 Å². The number of aryl methyl sites for hydroxylation is 1. The summed E-state index contributed by atoms with van der Waals surface area (Å²) in [5.41, 5.74) is 0.658. The minimum atomic E-state index is -0.419. The van der Waals surface area contributed by atoms with Gasteiger partial charge in [-0.25, -0.2) is 9.49 Å². The highest BCUT2D eigenvalue weighted by Crippen LogP contribution is 2.07. The molecule has 8 heteroatoms. The summed E-state index contributed by atoms with van der Waals surface area (Å²) in [5.74, 6) is -0.472. The van der Waals surface area contributed by atoms with Crippen molar-refractivity contribution in [3.8, 4) is 6.01 Å². The number of ether oxygens (including phenoxy) is 1. The first kappa shape index (κ1) is 12.9. The zero-order valence-electron chi connectivity index (χ0n) is 10.2. The third kappa shape index (κ3) is 3.73. The number of hydrogen-bond donors (Lipinski definition) is 2. The van der Waals surface area contributed by atoms with E-state index in [2.05, 4.69) is 25.5 Å². The number of amides is 1. The van der Waals surface area contributed by atoms with Crippen molar-refractivity contribution in [3.05, 3.63) is 29.8 Å². The standard InChI is InChI=1S/C11H12FN5O2/c1-19-11-15-10(16-17-11)14-9(18)3-2-7-4-8(12)6-13-5-7/h4-6H,2-3H2,1H3,(H2,14,15,16,17,18). The summed E-state index contributed by atoms with van der Waals surface area (Å²) in [7, 11) is 1.42. The molecule has 2 aromatic heterocycles. The van der Waals surface area contributed by atoms with Crippen LogP contribution in [0.2, 0.25) is 0 Å². The Morgan fingerprint density at radius 3 is 3.05 bits per heavy atom. The molecule has 0 aliphatic carbocycles. The molecule has 7 nitrogen and oxygen atoms in total. The molecule has 100 valence electrons. The van der Waals surface area contributed by atoms with Crippen molar-refractivity contribution in [2.45, 2.75) is 12.8 Å². The van der Waals surface area contributed by atoms with Gasteiger partial charge >= 0.3 is 6.01 Å². The lowest BCUT2D eigenvalue weighted by Gasteiger charge is -2.01. The SMILES string of the molecule is COc1n[nH]c(NC(=O)CCc2cncc(F)c2)n1. The number of nitrogens with one attached hydrogen (secondary N) is 2. The zero-order chi connectivity index (χ0) is 13.7. The Hall–Kier alpha value is -2.51. The van der Waals surface area contributed by atoms with Crippen molar-refractivity contribution < 1.29 is 13.9 Å². The monoisotopic (exact) mass is 265 g/mol. The Morgan fingerprint density at radius 1 is 1.53 bits per heavy atom. The van der Waals surface area contributed by atoms with E-state index in [1.807, 2.05) is 0 Å². The van der Waals surface area contributed by atoms with Gasteiger partial charge in [0.15, 0.2) is 0 Å². The van der Waals surface area contributed by atoms with Crippen LogP contribution in [0.3, 0.4) is 0 Å². The van der Waals surface area contributed by atoms with Gasteiger partial charge in [-0.3, -0.25) is 15.1 Å². The number of pyridine rings is 1. The number of aromatic amines is 1. The smallest absolute Gasteiger partial charge is 0.336 e. The maximum atomic E-state index is 12.9. The van der Waals surface area contributed by atoms with E-state index in [-0.39, 0.29) is 24.3 Å². The first-order chi connectivity index (χ1) is 9.17. The molecule has 0 aliphatic heterocycles. The minimum Gasteiger partial charge on any atom is -0.466 e. The van der Waals surface area contributed by atoms with Gasteiger partial charge in [-0.05, 0) is 18.1 Å². The van der Waals surface area contributed by atoms with E-state index >= 15 is 0 Å². The van der Waals surface area contributed by atoms with Crippen LogP contribution >= 0.6 is 0 Å². The molecule has 0 spiro atoms. The fourth-order valence-corrected chi connectivity index (χ4v) is 1.44. The molecule has 0 radical (unpaired) electrons. The largest absolute Gasteiger partial charge is 0.466 e. The number of halogens is 1. The number of hydrogen-bond acceptors (Lipinski definition) is 5. The van der Waals surface area contributed by atoms with Gasteiger partial charge in [-0.15, -0.1) is 5.10 Å². The molecule has 0 aliphatic rings. The van der Waals surface area contributed by atoms with Gasteiger partial charge in [0, 0.05) is 12.6 Å². The minimum absolute atomic E-state index is 0.143. The highest BCUT2D eigenvalue weighted by Gasteiger charge is 2.08. The van der Waals surface area contributed by atoms with E-state index < -0.39 is 5.82 Å². The summed E-state index contributed by atoms with van der Waals surface area (Å²) < 4.78 is 17.6. The lowest BCUT2D eigenvalue weighted by Crippen LogP contribution is -2.13. The molecule has 2 N–H and O–H groups in total. The number of carbonyl (C=O) groups is 1. The fourth-order valence-electron chi connectivity index (χ4n) is 1.44. The van der Waals surface area contributed by atoms with E-state index in [0.717, 1.165) is 6.20 Å². The Kier molecular flexibility index (Phi) is 4.01. The van der Waals surface area contributed by atoms with Crippen LogP contribution in [0.4, 0.5) is 10.3 Å². The van der Waals surface area contributed by atoms with E-state index in [0.29, 0.717) is 12.0 Å². The molecule has 2 rings (SSSR count). The average Bonchev–Trinajstić information content (AvgIpc) is 2.84. The molecule has 0 saturated carbocycles. The average molecular weight is 265 g/mol. The Balaban J connectivity index is 1.84. The number of anilines is 1. The summed E-state index contributed by atoms with van der Waals surface area (Å²) in [6.07, 6.45) is 3.22. The quantitative estimate of drug-likeness (QED) is 0.838. The van der Waals surface area contributed by atoms with Gasteiger partial charge in [-0.1, -0.05) is 0 Å². The molecule has 0 atom stereocenters. The van der Waals surface area contributed by atoms with Crippen LogP contribution in [0.15, 0.2) is 18.5 Å². The Labute approximate surface area is 108 Å². The summed E-state index contributed by atoms with van der Waals surface area (Å²) in [6, 6.07) is 1.49. The Bertz CT molecular complexity index is 572. The summed E-state index contributed by atoms with van der Waals surface area (Å²) in [4.78, 5) is 19.2. The van der Waals surface area contributed by atoms with Gasteiger partial charge in [0.2, 0.25) is 11.9 Å². The number of rotatable bonds is 5. The molecular weight excluding hydrogens is 253 g/mol. The molecule has 0 unspecified atom stereocenters. The van der Waals surface area contributed by atoms with Crippen molar-refractivity contribution in [1.29, 1.82) is 0 Å². The van der Waals surface area contributed by atoms with E-state index in [1.54, 1.807) is 0 Å². The maximum absolute atomic E-state index is 12.9. The van der Waals surface area contributed by atoms with Gasteiger partial charge < -0.3 is 4.74 Å². The highest BCUT2D eigenvalue weighted by atomic mass is 19.1. The number of aromatic nitrogens is 4. The molecule has 2 aromatic rings. The highest BCUT2D eigenvalue weighted by molar-refractivity contribution is 5.89. The van der Waals surface area contributed by atoms with Crippen LogP contribution in [0.1, 0.15) is 12.0 Å². The number of nitrogens with zero attached hydrogens (tertiary/aromatic N) is 3. The predicted octanol–water partition coefficient (Wildman–Crippen LogP) is 0.919. The molecule has 0 aromatic carbocycles. The second kappa shape index (κ2) is 5.89. The first-order valence-electron chi connectivity index (χ1n) is 5.53. The number of H-pyrrole nitrogens is 1. The summed E-state index contributed by atoms with van der Waals surface area (Å²) in [5, 5.41) is 8.71. The summed E-state index contributed by atoms with van der Waals surface area (Å²) in [6.45, 7) is 0. The van der Waals surface area contributed by atoms with Crippen LogP contribution in [0, 0.1) is 5.82 Å². The third-order valence-electron chi connectivity index (χ3n) is 2.31. The van der Waals surface area contributed by atoms with Crippen LogP contribution in [-0.4, -0.2) is 33.2 Å². The number of carbonyl (C=O) groups excluding carboxylic acids is 1. The lowest BCUT2D eigenvalue weighted by atomic mass is 10.1. The van der Waals surface area contributed by atoms with Crippen LogP contribution in [0.5, 0.6) is 6.01 Å². The van der Waals surface area contributed by atoms with Gasteiger partial charge in [0.05, 0.1) is 13.3 Å². The van der Waals surface area contributed by atoms with E-state index in [9.17, 15) is 9.18 Å². The van der Waals surface area contributed by atoms with Crippen LogP contribution in [0.25, 0.3) is 0 Å². The molecule has 0 bridgehead atoms. The molecule has 0 fully saturated rings. The van der Waals surface area contributed by atoms with E-state index in [1.165, 1.54) is 19.4 Å². The van der Waals surface area contributed by atoms with Gasteiger partial charge in [0.25, 0.3) is 0 Å². The topological polar surface area (TPSA) is 92.8 Å². The normalized spacial score (nSPS) is 10.2. The second-order valence-corrected chi connectivity index (χ2v) is 3.73. The van der Waals surface area contributed by atoms with Crippen molar-refractivity contribution >= 4 is 11.9 Å². The van der Waals surface area contributed by atoms with Crippen molar-refractivity contribution in [2.75, 3.05) is 12.4 Å². The molecule has 1 amide bonds. The molecular formula is C11H12FN5O2. The second-order valence-electron chi connectivity index (χ2n) is 3.73. The van der Waals surface area contributed by atoms with Crippen molar-refractivity contribution in [2.24, 2.45) is 0 Å². The van der Waals surface area contributed by atoms with Crippen molar-refractivity contribution in [1.82, 2.24) is 20.2 Å². The van der Waals surface area contributed by atoms with Gasteiger partial charge in [0.1, 0.15) is 5.82 Å².